The van der Waals surface area contributed by atoms with Crippen molar-refractivity contribution in [2.24, 2.45) is 0 Å². The summed E-state index contributed by atoms with van der Waals surface area (Å²) < 4.78 is 9.83. The number of esters is 1. The molecule has 0 radical (unpaired) electrons. The van der Waals surface area contributed by atoms with Gasteiger partial charge in [-0.15, -0.1) is 0 Å². The van der Waals surface area contributed by atoms with E-state index in [1.807, 2.05) is 0 Å². The minimum atomic E-state index is -0.928. The number of ether oxygens (including phenoxy) is 2. The third kappa shape index (κ3) is 6.36. The molecule has 22 heavy (non-hydrogen) atoms. The van der Waals surface area contributed by atoms with Crippen LogP contribution in [0.4, 0.5) is 11.4 Å². The zero-order valence-corrected chi connectivity index (χ0v) is 12.8. The average Bonchev–Trinajstić information content (AvgIpc) is 2.46. The minimum Gasteiger partial charge on any atom is -0.451 e. The summed E-state index contributed by atoms with van der Waals surface area (Å²) in [7, 11) is 0. The van der Waals surface area contributed by atoms with E-state index in [2.05, 4.69) is 10.6 Å². The highest BCUT2D eigenvalue weighted by atomic mass is 16.6. The van der Waals surface area contributed by atoms with Gasteiger partial charge >= 0.3 is 5.97 Å². The van der Waals surface area contributed by atoms with Gasteiger partial charge in [-0.2, -0.15) is 0 Å². The maximum absolute atomic E-state index is 11.9. The second kappa shape index (κ2) is 8.78. The summed E-state index contributed by atoms with van der Waals surface area (Å²) >= 11 is 0. The van der Waals surface area contributed by atoms with Crippen LogP contribution in [0.3, 0.4) is 0 Å². The van der Waals surface area contributed by atoms with Crippen molar-refractivity contribution >= 4 is 29.2 Å². The van der Waals surface area contributed by atoms with Crippen LogP contribution in [0, 0.1) is 0 Å². The van der Waals surface area contributed by atoms with Gasteiger partial charge in [0.05, 0.1) is 0 Å². The van der Waals surface area contributed by atoms with E-state index in [0.717, 1.165) is 0 Å². The molecular formula is C15H20N2O5. The Balaban J connectivity index is 2.49. The zero-order chi connectivity index (χ0) is 16.5. The first kappa shape index (κ1) is 17.6. The monoisotopic (exact) mass is 308 g/mol. The molecule has 7 nitrogen and oxygen atoms in total. The van der Waals surface area contributed by atoms with Crippen LogP contribution in [0.15, 0.2) is 24.3 Å². The van der Waals surface area contributed by atoms with Gasteiger partial charge in [-0.25, -0.2) is 4.79 Å². The third-order valence-electron chi connectivity index (χ3n) is 2.57. The van der Waals surface area contributed by atoms with Crippen molar-refractivity contribution in [1.82, 2.24) is 0 Å². The normalized spacial score (nSPS) is 11.4. The molecule has 2 N–H and O–H groups in total. The first-order chi connectivity index (χ1) is 10.4. The number of amides is 2. The SMILES string of the molecule is CCOCC(=O)O[C@H](C)C(=O)Nc1ccc(NC(C)=O)cc1. The summed E-state index contributed by atoms with van der Waals surface area (Å²) in [6.07, 6.45) is -0.928. The number of hydrogen-bond acceptors (Lipinski definition) is 5. The Hall–Kier alpha value is -2.41. The Morgan fingerprint density at radius 3 is 2.14 bits per heavy atom. The fourth-order valence-electron chi connectivity index (χ4n) is 1.55. The summed E-state index contributed by atoms with van der Waals surface area (Å²) in [5.41, 5.74) is 1.16. The lowest BCUT2D eigenvalue weighted by Crippen LogP contribution is -2.31. The fourth-order valence-corrected chi connectivity index (χ4v) is 1.55. The van der Waals surface area contributed by atoms with Crippen LogP contribution in [0.2, 0.25) is 0 Å². The second-order valence-electron chi connectivity index (χ2n) is 4.52. The van der Waals surface area contributed by atoms with Crippen LogP contribution in [0.5, 0.6) is 0 Å². The van der Waals surface area contributed by atoms with Gasteiger partial charge in [-0.05, 0) is 38.1 Å². The standard InChI is InChI=1S/C15H20N2O5/c1-4-21-9-14(19)22-10(2)15(20)17-13-7-5-12(6-8-13)16-11(3)18/h5-8,10H,4,9H2,1-3H3,(H,16,18)(H,17,20)/t10-/m1/s1. The molecule has 1 aromatic carbocycles. The molecule has 0 spiro atoms. The lowest BCUT2D eigenvalue weighted by molar-refractivity contribution is -0.157. The smallest absolute Gasteiger partial charge is 0.332 e. The van der Waals surface area contributed by atoms with Crippen molar-refractivity contribution in [2.45, 2.75) is 26.9 Å². The summed E-state index contributed by atoms with van der Waals surface area (Å²) in [4.78, 5) is 34.1. The Morgan fingerprint density at radius 1 is 1.09 bits per heavy atom. The lowest BCUT2D eigenvalue weighted by Gasteiger charge is -2.13. The van der Waals surface area contributed by atoms with Crippen LogP contribution in [0.1, 0.15) is 20.8 Å². The molecule has 1 aromatic rings. The molecule has 0 fully saturated rings. The van der Waals surface area contributed by atoms with Crippen molar-refractivity contribution in [3.63, 3.8) is 0 Å². The molecule has 0 aliphatic rings. The maximum atomic E-state index is 11.9. The number of rotatable bonds is 7. The highest BCUT2D eigenvalue weighted by molar-refractivity contribution is 5.95. The van der Waals surface area contributed by atoms with E-state index >= 15 is 0 Å². The van der Waals surface area contributed by atoms with E-state index in [1.165, 1.54) is 13.8 Å². The number of benzene rings is 1. The van der Waals surface area contributed by atoms with Crippen molar-refractivity contribution in [3.8, 4) is 0 Å². The molecule has 0 unspecified atom stereocenters. The Labute approximate surface area is 129 Å². The summed E-state index contributed by atoms with van der Waals surface area (Å²) in [5, 5.41) is 5.23. The Kier molecular flexibility index (Phi) is 7.04. The van der Waals surface area contributed by atoms with Crippen LogP contribution >= 0.6 is 0 Å². The number of carbonyl (C=O) groups is 3. The van der Waals surface area contributed by atoms with Gasteiger partial charge in [0.15, 0.2) is 6.10 Å². The molecule has 0 heterocycles. The molecule has 0 aliphatic carbocycles. The first-order valence-electron chi connectivity index (χ1n) is 6.88. The molecule has 0 aliphatic heterocycles. The first-order valence-corrected chi connectivity index (χ1v) is 6.88. The maximum Gasteiger partial charge on any atom is 0.332 e. The number of carbonyl (C=O) groups excluding carboxylic acids is 3. The lowest BCUT2D eigenvalue weighted by atomic mass is 10.2. The van der Waals surface area contributed by atoms with Crippen LogP contribution in [-0.2, 0) is 23.9 Å². The van der Waals surface area contributed by atoms with E-state index in [1.54, 1.807) is 31.2 Å². The third-order valence-corrected chi connectivity index (χ3v) is 2.57. The topological polar surface area (TPSA) is 93.7 Å². The average molecular weight is 308 g/mol. The van der Waals surface area contributed by atoms with Gasteiger partial charge in [0.25, 0.3) is 5.91 Å². The summed E-state index contributed by atoms with van der Waals surface area (Å²) in [6.45, 7) is 4.86. The van der Waals surface area contributed by atoms with Crippen molar-refractivity contribution in [3.05, 3.63) is 24.3 Å². The van der Waals surface area contributed by atoms with Gasteiger partial charge in [0.1, 0.15) is 6.61 Å². The van der Waals surface area contributed by atoms with Crippen molar-refractivity contribution < 1.29 is 23.9 Å². The highest BCUT2D eigenvalue weighted by Gasteiger charge is 2.17. The van der Waals surface area contributed by atoms with E-state index < -0.39 is 18.0 Å². The van der Waals surface area contributed by atoms with Gasteiger partial charge < -0.3 is 20.1 Å². The quantitative estimate of drug-likeness (QED) is 0.745. The van der Waals surface area contributed by atoms with E-state index in [4.69, 9.17) is 9.47 Å². The van der Waals surface area contributed by atoms with Gasteiger partial charge in [-0.3, -0.25) is 9.59 Å². The predicted octanol–water partition coefficient (Wildman–Crippen LogP) is 1.55. The highest BCUT2D eigenvalue weighted by Crippen LogP contribution is 2.14. The molecule has 1 rings (SSSR count). The van der Waals surface area contributed by atoms with Crippen LogP contribution < -0.4 is 10.6 Å². The fraction of sp³-hybridized carbons (Fsp3) is 0.400. The van der Waals surface area contributed by atoms with Crippen LogP contribution in [0.25, 0.3) is 0 Å². The molecule has 0 saturated heterocycles. The molecule has 0 bridgehead atoms. The van der Waals surface area contributed by atoms with E-state index in [9.17, 15) is 14.4 Å². The minimum absolute atomic E-state index is 0.174. The summed E-state index contributed by atoms with van der Waals surface area (Å²) in [6, 6.07) is 6.58. The Morgan fingerprint density at radius 2 is 1.64 bits per heavy atom. The summed E-state index contributed by atoms with van der Waals surface area (Å²) in [5.74, 6) is -1.21. The molecule has 0 aromatic heterocycles. The largest absolute Gasteiger partial charge is 0.451 e. The Bertz CT molecular complexity index is 527. The van der Waals surface area contributed by atoms with Gasteiger partial charge in [0.2, 0.25) is 5.91 Å². The molecule has 7 heteroatoms. The molecule has 120 valence electrons. The van der Waals surface area contributed by atoms with Gasteiger partial charge in [-0.1, -0.05) is 0 Å². The van der Waals surface area contributed by atoms with E-state index in [0.29, 0.717) is 18.0 Å². The number of hydrogen-bond donors (Lipinski definition) is 2. The zero-order valence-electron chi connectivity index (χ0n) is 12.8. The second-order valence-corrected chi connectivity index (χ2v) is 4.52. The van der Waals surface area contributed by atoms with Crippen molar-refractivity contribution in [1.29, 1.82) is 0 Å². The molecular weight excluding hydrogens is 288 g/mol. The molecule has 2 amide bonds. The molecule has 1 atom stereocenters. The number of anilines is 2. The van der Waals surface area contributed by atoms with E-state index in [-0.39, 0.29) is 12.5 Å². The molecule has 0 saturated carbocycles. The van der Waals surface area contributed by atoms with Crippen molar-refractivity contribution in [2.75, 3.05) is 23.8 Å². The van der Waals surface area contributed by atoms with Crippen LogP contribution in [-0.4, -0.2) is 37.1 Å². The number of nitrogens with one attached hydrogen (secondary N) is 2. The van der Waals surface area contributed by atoms with Gasteiger partial charge in [0, 0.05) is 24.9 Å². The predicted molar refractivity (Wildman–Crippen MR) is 81.4 cm³/mol.